The molecule has 0 radical (unpaired) electrons. The Bertz CT molecular complexity index is 415. The molecule has 0 aliphatic rings. The molecule has 1 unspecified atom stereocenters. The quantitative estimate of drug-likeness (QED) is 0.570. The number of hydrogen-bond donors (Lipinski definition) is 1. The van der Waals surface area contributed by atoms with E-state index in [4.69, 9.17) is 0 Å². The standard InChI is InChI=1S/C14H19BrINO/c1-14(2,3)8-10(15)9-17-13(18)11-6-4-5-7-12(11)16/h4-7,10H,8-9H2,1-3H3,(H,17,18). The van der Waals surface area contributed by atoms with Gasteiger partial charge in [-0.2, -0.15) is 0 Å². The van der Waals surface area contributed by atoms with Gasteiger partial charge in [-0.25, -0.2) is 0 Å². The van der Waals surface area contributed by atoms with Gasteiger partial charge in [0.15, 0.2) is 0 Å². The Kier molecular flexibility index (Phi) is 6.11. The predicted octanol–water partition coefficient (Wildman–Crippen LogP) is 4.22. The molecule has 0 spiro atoms. The van der Waals surface area contributed by atoms with E-state index in [2.05, 4.69) is 64.6 Å². The Morgan fingerprint density at radius 1 is 1.39 bits per heavy atom. The SMILES string of the molecule is CC(C)(C)CC(Br)CNC(=O)c1ccccc1I. The van der Waals surface area contributed by atoms with Crippen LogP contribution in [0.4, 0.5) is 0 Å². The summed E-state index contributed by atoms with van der Waals surface area (Å²) in [5.74, 6) is -0.00152. The molecule has 1 atom stereocenters. The summed E-state index contributed by atoms with van der Waals surface area (Å²) in [6, 6.07) is 7.61. The monoisotopic (exact) mass is 423 g/mol. The molecular weight excluding hydrogens is 405 g/mol. The van der Waals surface area contributed by atoms with Gasteiger partial charge in [0.05, 0.1) is 5.56 Å². The molecule has 0 fully saturated rings. The summed E-state index contributed by atoms with van der Waals surface area (Å²) < 4.78 is 0.981. The number of halogens is 2. The van der Waals surface area contributed by atoms with Gasteiger partial charge in [-0.1, -0.05) is 48.8 Å². The third-order valence-corrected chi connectivity index (χ3v) is 4.02. The van der Waals surface area contributed by atoms with Crippen molar-refractivity contribution in [3.8, 4) is 0 Å². The van der Waals surface area contributed by atoms with Gasteiger partial charge >= 0.3 is 0 Å². The molecule has 0 saturated carbocycles. The van der Waals surface area contributed by atoms with Gasteiger partial charge < -0.3 is 5.32 Å². The highest BCUT2D eigenvalue weighted by molar-refractivity contribution is 14.1. The van der Waals surface area contributed by atoms with Crippen LogP contribution in [0.5, 0.6) is 0 Å². The molecule has 0 saturated heterocycles. The number of rotatable bonds is 4. The van der Waals surface area contributed by atoms with Crippen molar-refractivity contribution in [2.75, 3.05) is 6.54 Å². The zero-order valence-electron chi connectivity index (χ0n) is 11.0. The summed E-state index contributed by atoms with van der Waals surface area (Å²) in [5, 5.41) is 2.97. The Hall–Kier alpha value is -0.100. The fourth-order valence-corrected chi connectivity index (χ4v) is 3.45. The molecule has 0 aliphatic heterocycles. The summed E-state index contributed by atoms with van der Waals surface area (Å²) in [6.45, 7) is 7.25. The molecule has 1 aromatic rings. The lowest BCUT2D eigenvalue weighted by molar-refractivity contribution is 0.0951. The molecule has 2 nitrogen and oxygen atoms in total. The summed E-state index contributed by atoms with van der Waals surface area (Å²) in [7, 11) is 0. The first-order valence-corrected chi connectivity index (χ1v) is 7.96. The minimum atomic E-state index is -0.00152. The van der Waals surface area contributed by atoms with Gasteiger partial charge in [0.2, 0.25) is 0 Å². The Morgan fingerprint density at radius 3 is 2.56 bits per heavy atom. The first kappa shape index (κ1) is 16.0. The number of alkyl halides is 1. The average Bonchev–Trinajstić information content (AvgIpc) is 2.24. The molecule has 1 rings (SSSR count). The zero-order valence-corrected chi connectivity index (χ0v) is 14.7. The van der Waals surface area contributed by atoms with Crippen LogP contribution in [0.2, 0.25) is 0 Å². The van der Waals surface area contributed by atoms with Crippen LogP contribution in [-0.4, -0.2) is 17.3 Å². The number of hydrogen-bond acceptors (Lipinski definition) is 1. The maximum absolute atomic E-state index is 12.0. The summed E-state index contributed by atoms with van der Waals surface area (Å²) in [6.07, 6.45) is 1.03. The minimum absolute atomic E-state index is 0.00152. The normalized spacial score (nSPS) is 13.2. The maximum atomic E-state index is 12.0. The first-order valence-electron chi connectivity index (χ1n) is 5.96. The van der Waals surface area contributed by atoms with Crippen molar-refractivity contribution in [1.82, 2.24) is 5.32 Å². The van der Waals surface area contributed by atoms with Crippen LogP contribution >= 0.6 is 38.5 Å². The van der Waals surface area contributed by atoms with Gasteiger partial charge in [-0.15, -0.1) is 0 Å². The summed E-state index contributed by atoms with van der Waals surface area (Å²) in [4.78, 5) is 12.3. The van der Waals surface area contributed by atoms with Gasteiger partial charge in [0, 0.05) is 14.9 Å². The van der Waals surface area contributed by atoms with Gasteiger partial charge in [-0.05, 0) is 46.6 Å². The molecule has 0 aliphatic carbocycles. The van der Waals surface area contributed by atoms with Crippen molar-refractivity contribution >= 4 is 44.4 Å². The molecular formula is C14H19BrINO. The highest BCUT2D eigenvalue weighted by Gasteiger charge is 2.17. The van der Waals surface area contributed by atoms with E-state index in [1.54, 1.807) is 0 Å². The Labute approximate surface area is 131 Å². The van der Waals surface area contributed by atoms with Crippen LogP contribution in [0, 0.1) is 8.99 Å². The minimum Gasteiger partial charge on any atom is -0.351 e. The zero-order chi connectivity index (χ0) is 13.8. The maximum Gasteiger partial charge on any atom is 0.252 e. The second-order valence-electron chi connectivity index (χ2n) is 5.55. The van der Waals surface area contributed by atoms with E-state index >= 15 is 0 Å². The van der Waals surface area contributed by atoms with E-state index in [1.165, 1.54) is 0 Å². The molecule has 0 bridgehead atoms. The Balaban J connectivity index is 2.50. The topological polar surface area (TPSA) is 29.1 Å². The van der Waals surface area contributed by atoms with Crippen molar-refractivity contribution in [1.29, 1.82) is 0 Å². The van der Waals surface area contributed by atoms with Crippen LogP contribution in [0.3, 0.4) is 0 Å². The van der Waals surface area contributed by atoms with Crippen molar-refractivity contribution in [3.05, 3.63) is 33.4 Å². The van der Waals surface area contributed by atoms with Gasteiger partial charge in [0.1, 0.15) is 0 Å². The second kappa shape index (κ2) is 6.89. The van der Waals surface area contributed by atoms with E-state index in [9.17, 15) is 4.79 Å². The molecule has 1 aromatic carbocycles. The number of carbonyl (C=O) groups is 1. The second-order valence-corrected chi connectivity index (χ2v) is 8.01. The lowest BCUT2D eigenvalue weighted by Crippen LogP contribution is -2.31. The lowest BCUT2D eigenvalue weighted by atomic mass is 9.90. The molecule has 100 valence electrons. The fraction of sp³-hybridized carbons (Fsp3) is 0.500. The number of nitrogens with one attached hydrogen (secondary N) is 1. The van der Waals surface area contributed by atoms with Gasteiger partial charge in [0.25, 0.3) is 5.91 Å². The van der Waals surface area contributed by atoms with Crippen LogP contribution in [0.15, 0.2) is 24.3 Å². The van der Waals surface area contributed by atoms with Crippen molar-refractivity contribution < 1.29 is 4.79 Å². The summed E-state index contributed by atoms with van der Waals surface area (Å²) in [5.41, 5.74) is 1.01. The highest BCUT2D eigenvalue weighted by atomic mass is 127. The highest BCUT2D eigenvalue weighted by Crippen LogP contribution is 2.24. The third-order valence-electron chi connectivity index (χ3n) is 2.44. The Morgan fingerprint density at radius 2 is 2.00 bits per heavy atom. The molecule has 1 amide bonds. The average molecular weight is 424 g/mol. The molecule has 0 heterocycles. The van der Waals surface area contributed by atoms with Gasteiger partial charge in [-0.3, -0.25) is 4.79 Å². The van der Waals surface area contributed by atoms with Crippen molar-refractivity contribution in [3.63, 3.8) is 0 Å². The number of amides is 1. The van der Waals surface area contributed by atoms with Crippen LogP contribution in [-0.2, 0) is 0 Å². The van der Waals surface area contributed by atoms with E-state index < -0.39 is 0 Å². The molecule has 18 heavy (non-hydrogen) atoms. The number of benzene rings is 1. The summed E-state index contributed by atoms with van der Waals surface area (Å²) >= 11 is 5.80. The smallest absolute Gasteiger partial charge is 0.252 e. The van der Waals surface area contributed by atoms with Crippen LogP contribution in [0.25, 0.3) is 0 Å². The van der Waals surface area contributed by atoms with Crippen LogP contribution in [0.1, 0.15) is 37.6 Å². The largest absolute Gasteiger partial charge is 0.351 e. The van der Waals surface area contributed by atoms with Crippen molar-refractivity contribution in [2.45, 2.75) is 32.0 Å². The lowest BCUT2D eigenvalue weighted by Gasteiger charge is -2.22. The molecule has 4 heteroatoms. The molecule has 1 N–H and O–H groups in total. The van der Waals surface area contributed by atoms with Crippen LogP contribution < -0.4 is 5.32 Å². The number of carbonyl (C=O) groups excluding carboxylic acids is 1. The third kappa shape index (κ3) is 5.69. The predicted molar refractivity (Wildman–Crippen MR) is 88.3 cm³/mol. The van der Waals surface area contributed by atoms with E-state index in [-0.39, 0.29) is 11.3 Å². The van der Waals surface area contributed by atoms with E-state index in [1.807, 2.05) is 24.3 Å². The van der Waals surface area contributed by atoms with E-state index in [0.29, 0.717) is 11.4 Å². The fourth-order valence-electron chi connectivity index (χ4n) is 1.68. The van der Waals surface area contributed by atoms with Crippen molar-refractivity contribution in [2.24, 2.45) is 5.41 Å². The molecule has 0 aromatic heterocycles. The van der Waals surface area contributed by atoms with E-state index in [0.717, 1.165) is 15.6 Å². The first-order chi connectivity index (χ1) is 8.29.